The van der Waals surface area contributed by atoms with Crippen molar-refractivity contribution in [3.63, 3.8) is 0 Å². The molecule has 1 unspecified atom stereocenters. The van der Waals surface area contributed by atoms with Gasteiger partial charge in [0.1, 0.15) is 5.82 Å². The van der Waals surface area contributed by atoms with Crippen molar-refractivity contribution in [1.29, 1.82) is 0 Å². The maximum Gasteiger partial charge on any atom is 0.312 e. The van der Waals surface area contributed by atoms with E-state index in [2.05, 4.69) is 15.6 Å². The predicted octanol–water partition coefficient (Wildman–Crippen LogP) is 6.04. The molecule has 0 fully saturated rings. The minimum Gasteiger partial charge on any atom is -0.377 e. The van der Waals surface area contributed by atoms with Gasteiger partial charge in [-0.2, -0.15) is 0 Å². The lowest BCUT2D eigenvalue weighted by atomic mass is 10.0. The molecule has 1 atom stereocenters. The number of primary amides is 1. The van der Waals surface area contributed by atoms with Gasteiger partial charge in [-0.1, -0.05) is 60.1 Å². The zero-order valence-corrected chi connectivity index (χ0v) is 18.2. The number of hydrogen-bond acceptors (Lipinski definition) is 3. The Bertz CT molecular complexity index is 1280. The van der Waals surface area contributed by atoms with E-state index in [0.717, 1.165) is 27.6 Å². The number of benzene rings is 3. The lowest BCUT2D eigenvalue weighted by molar-refractivity contribution is 0.248. The number of amides is 2. The number of hydrogen-bond donors (Lipinski definition) is 3. The Kier molecular flexibility index (Phi) is 6.23. The standard InChI is InChI=1S/C25H22ClFN4O/c1-15(19-4-2-3-5-22(19)27)31-24-20-12-18(10-11-23(20)29-14-21(24)26)17-8-6-16(7-9-17)13-30-25(28)32/h2-12,14-15H,13H2,1H3,(H,29,31)(H3,28,30,32). The van der Waals surface area contributed by atoms with Crippen LogP contribution in [-0.4, -0.2) is 11.0 Å². The fraction of sp³-hybridized carbons (Fsp3) is 0.120. The Morgan fingerprint density at radius 2 is 1.81 bits per heavy atom. The topological polar surface area (TPSA) is 80.0 Å². The van der Waals surface area contributed by atoms with Gasteiger partial charge < -0.3 is 16.4 Å². The molecule has 0 bridgehead atoms. The molecule has 4 aromatic rings. The van der Waals surface area contributed by atoms with E-state index in [0.29, 0.717) is 22.8 Å². The molecule has 0 spiro atoms. The summed E-state index contributed by atoms with van der Waals surface area (Å²) in [7, 11) is 0. The van der Waals surface area contributed by atoms with Crippen molar-refractivity contribution in [1.82, 2.24) is 10.3 Å². The van der Waals surface area contributed by atoms with E-state index >= 15 is 0 Å². The Hall–Kier alpha value is -3.64. The molecule has 5 nitrogen and oxygen atoms in total. The number of aromatic nitrogens is 1. The molecule has 3 aromatic carbocycles. The van der Waals surface area contributed by atoms with Crippen LogP contribution in [0.2, 0.25) is 5.02 Å². The molecule has 0 radical (unpaired) electrons. The van der Waals surface area contributed by atoms with Gasteiger partial charge in [-0.05, 0) is 41.8 Å². The molecular weight excluding hydrogens is 427 g/mol. The number of urea groups is 1. The second kappa shape index (κ2) is 9.24. The minimum absolute atomic E-state index is 0.270. The summed E-state index contributed by atoms with van der Waals surface area (Å²) in [5, 5.41) is 7.25. The SMILES string of the molecule is CC(Nc1c(Cl)cnc2ccc(-c3ccc(CNC(N)=O)cc3)cc12)c1ccccc1F. The number of nitrogens with zero attached hydrogens (tertiary/aromatic N) is 1. The lowest BCUT2D eigenvalue weighted by Crippen LogP contribution is -2.28. The maximum absolute atomic E-state index is 14.3. The second-order valence-electron chi connectivity index (χ2n) is 7.52. The van der Waals surface area contributed by atoms with Crippen LogP contribution in [0.3, 0.4) is 0 Å². The van der Waals surface area contributed by atoms with Crippen LogP contribution in [0.15, 0.2) is 72.9 Å². The quantitative estimate of drug-likeness (QED) is 0.336. The van der Waals surface area contributed by atoms with Crippen molar-refractivity contribution >= 4 is 34.2 Å². The number of nitrogens with two attached hydrogens (primary N) is 1. The van der Waals surface area contributed by atoms with Crippen molar-refractivity contribution in [2.75, 3.05) is 5.32 Å². The highest BCUT2D eigenvalue weighted by Gasteiger charge is 2.15. The minimum atomic E-state index is -0.558. The van der Waals surface area contributed by atoms with Crippen LogP contribution < -0.4 is 16.4 Å². The highest BCUT2D eigenvalue weighted by molar-refractivity contribution is 6.34. The monoisotopic (exact) mass is 448 g/mol. The molecule has 0 aliphatic rings. The van der Waals surface area contributed by atoms with Gasteiger partial charge in [-0.3, -0.25) is 4.98 Å². The van der Waals surface area contributed by atoms with E-state index in [-0.39, 0.29) is 11.9 Å². The number of halogens is 2. The van der Waals surface area contributed by atoms with Crippen LogP contribution in [0.5, 0.6) is 0 Å². The predicted molar refractivity (Wildman–Crippen MR) is 127 cm³/mol. The summed E-state index contributed by atoms with van der Waals surface area (Å²) in [6.07, 6.45) is 1.60. The number of pyridine rings is 1. The summed E-state index contributed by atoms with van der Waals surface area (Å²) < 4.78 is 14.3. The summed E-state index contributed by atoms with van der Waals surface area (Å²) in [6.45, 7) is 2.26. The van der Waals surface area contributed by atoms with Crippen LogP contribution in [0.1, 0.15) is 24.1 Å². The van der Waals surface area contributed by atoms with Gasteiger partial charge in [0.25, 0.3) is 0 Å². The van der Waals surface area contributed by atoms with Crippen molar-refractivity contribution < 1.29 is 9.18 Å². The van der Waals surface area contributed by atoms with Crippen molar-refractivity contribution in [3.05, 3.63) is 94.9 Å². The Morgan fingerprint density at radius 3 is 2.53 bits per heavy atom. The van der Waals surface area contributed by atoms with Crippen LogP contribution in [0.25, 0.3) is 22.0 Å². The van der Waals surface area contributed by atoms with Crippen LogP contribution >= 0.6 is 11.6 Å². The van der Waals surface area contributed by atoms with Gasteiger partial charge in [-0.25, -0.2) is 9.18 Å². The lowest BCUT2D eigenvalue weighted by Gasteiger charge is -2.19. The van der Waals surface area contributed by atoms with E-state index in [4.69, 9.17) is 17.3 Å². The van der Waals surface area contributed by atoms with Crippen LogP contribution in [0.4, 0.5) is 14.9 Å². The first-order valence-corrected chi connectivity index (χ1v) is 10.5. The van der Waals surface area contributed by atoms with Gasteiger partial charge in [0.2, 0.25) is 0 Å². The first-order valence-electron chi connectivity index (χ1n) is 10.1. The van der Waals surface area contributed by atoms with Gasteiger partial charge >= 0.3 is 6.03 Å². The molecule has 1 aromatic heterocycles. The molecule has 2 amide bonds. The van der Waals surface area contributed by atoms with E-state index < -0.39 is 6.03 Å². The van der Waals surface area contributed by atoms with Gasteiger partial charge in [0.15, 0.2) is 0 Å². The van der Waals surface area contributed by atoms with E-state index in [1.807, 2.05) is 55.5 Å². The fourth-order valence-electron chi connectivity index (χ4n) is 3.62. The third-order valence-electron chi connectivity index (χ3n) is 5.31. The Morgan fingerprint density at radius 1 is 1.09 bits per heavy atom. The highest BCUT2D eigenvalue weighted by atomic mass is 35.5. The van der Waals surface area contributed by atoms with Crippen molar-refractivity contribution in [3.8, 4) is 11.1 Å². The molecule has 0 saturated carbocycles. The molecule has 0 saturated heterocycles. The smallest absolute Gasteiger partial charge is 0.312 e. The van der Waals surface area contributed by atoms with Gasteiger partial charge in [-0.15, -0.1) is 0 Å². The second-order valence-corrected chi connectivity index (χ2v) is 7.92. The Labute approximate surface area is 190 Å². The maximum atomic E-state index is 14.3. The van der Waals surface area contributed by atoms with Gasteiger partial charge in [0, 0.05) is 23.7 Å². The summed E-state index contributed by atoms with van der Waals surface area (Å²) in [6, 6.07) is 19.6. The number of carbonyl (C=O) groups excluding carboxylic acids is 1. The number of carbonyl (C=O) groups is 1. The van der Waals surface area contributed by atoms with E-state index in [1.165, 1.54) is 6.07 Å². The van der Waals surface area contributed by atoms with Crippen LogP contribution in [-0.2, 0) is 6.54 Å². The van der Waals surface area contributed by atoms with Crippen molar-refractivity contribution in [2.24, 2.45) is 5.73 Å². The van der Waals surface area contributed by atoms with E-state index in [9.17, 15) is 9.18 Å². The summed E-state index contributed by atoms with van der Waals surface area (Å²) >= 11 is 6.49. The molecular formula is C25H22ClFN4O. The third-order valence-corrected chi connectivity index (χ3v) is 5.59. The average Bonchev–Trinajstić information content (AvgIpc) is 2.80. The third kappa shape index (κ3) is 4.65. The largest absolute Gasteiger partial charge is 0.377 e. The number of fused-ring (bicyclic) bond motifs is 1. The molecule has 32 heavy (non-hydrogen) atoms. The molecule has 7 heteroatoms. The normalized spacial score (nSPS) is 11.8. The number of anilines is 1. The summed E-state index contributed by atoms with van der Waals surface area (Å²) in [4.78, 5) is 15.3. The first-order chi connectivity index (χ1) is 15.4. The molecule has 162 valence electrons. The molecule has 4 rings (SSSR count). The Balaban J connectivity index is 1.67. The summed E-state index contributed by atoms with van der Waals surface area (Å²) in [5.41, 5.74) is 10.1. The zero-order chi connectivity index (χ0) is 22.7. The summed E-state index contributed by atoms with van der Waals surface area (Å²) in [5.74, 6) is -0.270. The average molecular weight is 449 g/mol. The van der Waals surface area contributed by atoms with Gasteiger partial charge in [0.05, 0.1) is 22.3 Å². The number of rotatable bonds is 6. The first kappa shape index (κ1) is 21.6. The number of nitrogens with one attached hydrogen (secondary N) is 2. The highest BCUT2D eigenvalue weighted by Crippen LogP contribution is 2.35. The van der Waals surface area contributed by atoms with Crippen LogP contribution in [0, 0.1) is 5.82 Å². The van der Waals surface area contributed by atoms with Crippen molar-refractivity contribution in [2.45, 2.75) is 19.5 Å². The fourth-order valence-corrected chi connectivity index (χ4v) is 3.82. The molecule has 0 aliphatic heterocycles. The van der Waals surface area contributed by atoms with E-state index in [1.54, 1.807) is 18.3 Å². The molecule has 1 heterocycles. The zero-order valence-electron chi connectivity index (χ0n) is 17.4. The molecule has 4 N–H and O–H groups in total. The molecule has 0 aliphatic carbocycles.